The molecule has 120 valence electrons. The number of carboxylic acids is 1. The number of benzene rings is 1. The van der Waals surface area contributed by atoms with E-state index in [-0.39, 0.29) is 23.7 Å². The van der Waals surface area contributed by atoms with Crippen molar-refractivity contribution in [3.8, 4) is 28.5 Å². The van der Waals surface area contributed by atoms with E-state index in [1.807, 2.05) is 13.8 Å². The molecule has 2 unspecified atom stereocenters. The van der Waals surface area contributed by atoms with Gasteiger partial charge in [0.1, 0.15) is 23.7 Å². The van der Waals surface area contributed by atoms with Crippen LogP contribution in [0.25, 0.3) is 11.3 Å². The van der Waals surface area contributed by atoms with Gasteiger partial charge < -0.3 is 19.7 Å². The van der Waals surface area contributed by atoms with Crippen molar-refractivity contribution in [2.75, 3.05) is 0 Å². The maximum absolute atomic E-state index is 11.1. The van der Waals surface area contributed by atoms with Crippen molar-refractivity contribution in [1.82, 2.24) is 10.2 Å². The van der Waals surface area contributed by atoms with E-state index in [4.69, 9.17) is 14.6 Å². The molecule has 2 aliphatic rings. The SMILES string of the molecule is CC1Cc2c(c(O)c3c(c2-c2cc(C(=O)O)[nH]n2)OC(C)C3)O1. The van der Waals surface area contributed by atoms with Crippen molar-refractivity contribution in [1.29, 1.82) is 0 Å². The largest absolute Gasteiger partial charge is 0.504 e. The van der Waals surface area contributed by atoms with Crippen LogP contribution >= 0.6 is 0 Å². The Morgan fingerprint density at radius 2 is 1.87 bits per heavy atom. The van der Waals surface area contributed by atoms with Crippen LogP contribution in [0.2, 0.25) is 0 Å². The number of hydrogen-bond acceptors (Lipinski definition) is 5. The molecule has 0 radical (unpaired) electrons. The van der Waals surface area contributed by atoms with E-state index in [1.165, 1.54) is 6.07 Å². The van der Waals surface area contributed by atoms with Crippen molar-refractivity contribution >= 4 is 5.97 Å². The molecule has 0 saturated carbocycles. The highest BCUT2D eigenvalue weighted by molar-refractivity contribution is 5.89. The van der Waals surface area contributed by atoms with E-state index < -0.39 is 5.97 Å². The number of phenolic OH excluding ortho intramolecular Hbond substituents is 1. The second kappa shape index (κ2) is 4.65. The first-order valence-electron chi connectivity index (χ1n) is 7.48. The number of nitrogens with one attached hydrogen (secondary N) is 1. The van der Waals surface area contributed by atoms with Crippen LogP contribution < -0.4 is 9.47 Å². The van der Waals surface area contributed by atoms with Crippen molar-refractivity contribution in [2.45, 2.75) is 38.9 Å². The van der Waals surface area contributed by atoms with Gasteiger partial charge in [-0.1, -0.05) is 0 Å². The van der Waals surface area contributed by atoms with Gasteiger partial charge >= 0.3 is 5.97 Å². The molecule has 0 saturated heterocycles. The topological polar surface area (TPSA) is 105 Å². The monoisotopic (exact) mass is 316 g/mol. The Labute approximate surface area is 131 Å². The van der Waals surface area contributed by atoms with Crippen LogP contribution in [0.3, 0.4) is 0 Å². The molecule has 7 nitrogen and oxygen atoms in total. The summed E-state index contributed by atoms with van der Waals surface area (Å²) in [6.45, 7) is 3.84. The van der Waals surface area contributed by atoms with Gasteiger partial charge in [0.15, 0.2) is 11.5 Å². The van der Waals surface area contributed by atoms with Gasteiger partial charge in [0.25, 0.3) is 0 Å². The second-order valence-corrected chi connectivity index (χ2v) is 6.08. The van der Waals surface area contributed by atoms with Crippen LogP contribution in [0.5, 0.6) is 17.2 Å². The van der Waals surface area contributed by atoms with Crippen molar-refractivity contribution < 1.29 is 24.5 Å². The Kier molecular flexibility index (Phi) is 2.81. The second-order valence-electron chi connectivity index (χ2n) is 6.08. The number of phenols is 1. The maximum atomic E-state index is 11.1. The standard InChI is InChI=1S/C16H16N2O5/c1-6-3-8-12(10-5-11(16(20)21)18-17-10)14-9(4-7(2)22-14)13(19)15(8)23-6/h5-7,19H,3-4H2,1-2H3,(H,17,18)(H,20,21). The van der Waals surface area contributed by atoms with Gasteiger partial charge in [-0.05, 0) is 19.9 Å². The molecular weight excluding hydrogens is 300 g/mol. The molecule has 2 aliphatic heterocycles. The Bertz CT molecular complexity index is 787. The van der Waals surface area contributed by atoms with Gasteiger partial charge in [0.05, 0.1) is 11.3 Å². The zero-order chi connectivity index (χ0) is 16.3. The number of ether oxygens (including phenoxy) is 2. The first-order chi connectivity index (χ1) is 11.0. The molecule has 0 amide bonds. The third-order valence-corrected chi connectivity index (χ3v) is 4.26. The summed E-state index contributed by atoms with van der Waals surface area (Å²) < 4.78 is 11.6. The highest BCUT2D eigenvalue weighted by Crippen LogP contribution is 2.53. The molecule has 1 aromatic heterocycles. The van der Waals surface area contributed by atoms with Gasteiger partial charge in [0.2, 0.25) is 0 Å². The number of hydrogen-bond donors (Lipinski definition) is 3. The number of aromatic amines is 1. The number of aromatic carboxylic acids is 1. The summed E-state index contributed by atoms with van der Waals surface area (Å²) in [7, 11) is 0. The first kappa shape index (κ1) is 13.9. The fourth-order valence-electron chi connectivity index (χ4n) is 3.32. The van der Waals surface area contributed by atoms with E-state index in [0.717, 1.165) is 5.56 Å². The minimum atomic E-state index is -1.07. The molecule has 7 heteroatoms. The molecule has 2 atom stereocenters. The van der Waals surface area contributed by atoms with Gasteiger partial charge in [-0.25, -0.2) is 4.79 Å². The molecule has 0 fully saturated rings. The summed E-state index contributed by atoms with van der Waals surface area (Å²) >= 11 is 0. The lowest BCUT2D eigenvalue weighted by molar-refractivity contribution is 0.0690. The highest BCUT2D eigenvalue weighted by atomic mass is 16.5. The lowest BCUT2D eigenvalue weighted by atomic mass is 9.95. The molecule has 3 heterocycles. The van der Waals surface area contributed by atoms with E-state index in [2.05, 4.69) is 10.2 Å². The third kappa shape index (κ3) is 1.96. The fraction of sp³-hybridized carbons (Fsp3) is 0.375. The summed E-state index contributed by atoms with van der Waals surface area (Å²) in [6, 6.07) is 1.48. The minimum Gasteiger partial charge on any atom is -0.504 e. The van der Waals surface area contributed by atoms with Gasteiger partial charge in [0, 0.05) is 24.0 Å². The molecule has 4 rings (SSSR count). The highest BCUT2D eigenvalue weighted by Gasteiger charge is 2.37. The zero-order valence-corrected chi connectivity index (χ0v) is 12.7. The predicted octanol–water partition coefficient (Wildman–Crippen LogP) is 2.13. The van der Waals surface area contributed by atoms with Crippen LogP contribution in [0.1, 0.15) is 35.5 Å². The number of aromatic hydroxyl groups is 1. The molecule has 1 aromatic carbocycles. The molecule has 3 N–H and O–H groups in total. The molecular formula is C16H16N2O5. The van der Waals surface area contributed by atoms with E-state index in [0.29, 0.717) is 41.2 Å². The molecule has 23 heavy (non-hydrogen) atoms. The lowest BCUT2D eigenvalue weighted by Gasteiger charge is -2.13. The normalized spacial score (nSPS) is 21.5. The Morgan fingerprint density at radius 1 is 1.22 bits per heavy atom. The molecule has 0 spiro atoms. The summed E-state index contributed by atoms with van der Waals surface area (Å²) in [5.74, 6) is 0.0925. The first-order valence-corrected chi connectivity index (χ1v) is 7.48. The van der Waals surface area contributed by atoms with Crippen molar-refractivity contribution in [3.63, 3.8) is 0 Å². The number of carbonyl (C=O) groups is 1. The van der Waals surface area contributed by atoms with Crippen LogP contribution in [-0.2, 0) is 12.8 Å². The number of fused-ring (bicyclic) bond motifs is 2. The molecule has 2 aromatic rings. The lowest BCUT2D eigenvalue weighted by Crippen LogP contribution is -2.07. The van der Waals surface area contributed by atoms with E-state index in [1.54, 1.807) is 0 Å². The van der Waals surface area contributed by atoms with Crippen LogP contribution in [-0.4, -0.2) is 38.6 Å². The molecule has 0 bridgehead atoms. The Hall–Kier alpha value is -2.70. The predicted molar refractivity (Wildman–Crippen MR) is 80.2 cm³/mol. The zero-order valence-electron chi connectivity index (χ0n) is 12.7. The van der Waals surface area contributed by atoms with Crippen molar-refractivity contribution in [3.05, 3.63) is 22.9 Å². The van der Waals surface area contributed by atoms with Crippen LogP contribution in [0, 0.1) is 0 Å². The van der Waals surface area contributed by atoms with Crippen LogP contribution in [0.4, 0.5) is 0 Å². The average molecular weight is 316 g/mol. The summed E-state index contributed by atoms with van der Waals surface area (Å²) in [5, 5.41) is 26.2. The Balaban J connectivity index is 1.97. The number of aromatic nitrogens is 2. The number of nitrogens with zero attached hydrogens (tertiary/aromatic N) is 1. The quantitative estimate of drug-likeness (QED) is 0.784. The third-order valence-electron chi connectivity index (χ3n) is 4.26. The number of rotatable bonds is 2. The number of carboxylic acid groups (broad SMARTS) is 1. The smallest absolute Gasteiger partial charge is 0.353 e. The van der Waals surface area contributed by atoms with Crippen LogP contribution in [0.15, 0.2) is 6.07 Å². The molecule has 0 aliphatic carbocycles. The fourth-order valence-corrected chi connectivity index (χ4v) is 3.32. The summed E-state index contributed by atoms with van der Waals surface area (Å²) in [6.07, 6.45) is 1.06. The van der Waals surface area contributed by atoms with Gasteiger partial charge in [-0.2, -0.15) is 5.10 Å². The summed E-state index contributed by atoms with van der Waals surface area (Å²) in [4.78, 5) is 11.1. The van der Waals surface area contributed by atoms with E-state index in [9.17, 15) is 9.90 Å². The van der Waals surface area contributed by atoms with Gasteiger partial charge in [-0.15, -0.1) is 0 Å². The summed E-state index contributed by atoms with van der Waals surface area (Å²) in [5.41, 5.74) is 2.71. The van der Waals surface area contributed by atoms with Crippen molar-refractivity contribution in [2.24, 2.45) is 0 Å². The van der Waals surface area contributed by atoms with E-state index >= 15 is 0 Å². The van der Waals surface area contributed by atoms with Gasteiger partial charge in [-0.3, -0.25) is 5.10 Å². The average Bonchev–Trinajstić information content (AvgIpc) is 3.17. The number of H-pyrrole nitrogens is 1. The Morgan fingerprint density at radius 3 is 2.52 bits per heavy atom. The maximum Gasteiger partial charge on any atom is 0.353 e. The minimum absolute atomic E-state index is 0.00795.